The summed E-state index contributed by atoms with van der Waals surface area (Å²) in [5.74, 6) is 0.118. The first-order valence-electron chi connectivity index (χ1n) is 4.09. The fraction of sp³-hybridized carbons (Fsp3) is 0.857. The second-order valence-corrected chi connectivity index (χ2v) is 5.35. The summed E-state index contributed by atoms with van der Waals surface area (Å²) in [5, 5.41) is 10.9. The highest BCUT2D eigenvalue weighted by Gasteiger charge is 2.20. The van der Waals surface area contributed by atoms with Gasteiger partial charge in [-0.15, -0.1) is 0 Å². The van der Waals surface area contributed by atoms with Gasteiger partial charge in [0, 0.05) is 26.7 Å². The molecule has 13 heavy (non-hydrogen) atoms. The number of hydrogen-bond donors (Lipinski definition) is 0. The van der Waals surface area contributed by atoms with Gasteiger partial charge in [-0.25, -0.2) is 8.42 Å². The van der Waals surface area contributed by atoms with Gasteiger partial charge in [-0.05, 0) is 5.90 Å². The van der Waals surface area contributed by atoms with Gasteiger partial charge in [0.25, 0.3) is 0 Å². The molecule has 0 aromatic rings. The maximum Gasteiger partial charge on any atom is 0.152 e. The number of rotatable bonds is 2. The zero-order valence-corrected chi connectivity index (χ0v) is 8.38. The van der Waals surface area contributed by atoms with Crippen LogP contribution in [0.5, 0.6) is 0 Å². The maximum atomic E-state index is 11.0. The molecule has 1 aliphatic rings. The molecule has 0 N–H and O–H groups in total. The van der Waals surface area contributed by atoms with Crippen LogP contribution in [0.3, 0.4) is 0 Å². The molecule has 0 spiro atoms. The summed E-state index contributed by atoms with van der Waals surface area (Å²) < 4.78 is 22.0. The van der Waals surface area contributed by atoms with Gasteiger partial charge in [-0.2, -0.15) is 0 Å². The lowest BCUT2D eigenvalue weighted by molar-refractivity contribution is -0.219. The summed E-state index contributed by atoms with van der Waals surface area (Å²) in [6.07, 6.45) is 0. The highest BCUT2D eigenvalue weighted by molar-refractivity contribution is 7.91. The smallest absolute Gasteiger partial charge is 0.152 e. The third-order valence-corrected chi connectivity index (χ3v) is 3.65. The van der Waals surface area contributed by atoms with E-state index >= 15 is 0 Å². The molecule has 1 rings (SSSR count). The Morgan fingerprint density at radius 2 is 2.00 bits per heavy atom. The van der Waals surface area contributed by atoms with Crippen molar-refractivity contribution < 1.29 is 13.5 Å². The number of sulfone groups is 1. The molecule has 0 aromatic carbocycles. The third kappa shape index (κ3) is 3.31. The van der Waals surface area contributed by atoms with Crippen LogP contribution in [0, 0.1) is 0 Å². The van der Waals surface area contributed by atoms with Gasteiger partial charge in [-0.3, -0.25) is 4.90 Å². The summed E-state index contributed by atoms with van der Waals surface area (Å²) in [5.41, 5.74) is 0. The average Bonchev–Trinajstić information content (AvgIpc) is 2.08. The predicted molar refractivity (Wildman–Crippen MR) is 48.5 cm³/mol. The number of hydrogen-bond acceptors (Lipinski definition) is 5. The first kappa shape index (κ1) is 10.5. The molecule has 1 aliphatic heterocycles. The van der Waals surface area contributed by atoms with Crippen LogP contribution in [0.1, 0.15) is 0 Å². The summed E-state index contributed by atoms with van der Waals surface area (Å²) >= 11 is 0. The van der Waals surface area contributed by atoms with E-state index in [1.54, 1.807) is 0 Å². The van der Waals surface area contributed by atoms with E-state index in [1.807, 2.05) is 4.90 Å². The Labute approximate surface area is 78.0 Å². The average molecular weight is 205 g/mol. The van der Waals surface area contributed by atoms with Gasteiger partial charge in [0.1, 0.15) is 0 Å². The molecule has 0 aliphatic carbocycles. The molecule has 0 saturated carbocycles. The quantitative estimate of drug-likeness (QED) is 0.390. The highest BCUT2D eigenvalue weighted by atomic mass is 32.2. The minimum absolute atomic E-state index is 0.157. The Morgan fingerprint density at radius 1 is 1.46 bits per heavy atom. The largest absolute Gasteiger partial charge is 0.861 e. The Morgan fingerprint density at radius 3 is 2.46 bits per heavy atom. The summed E-state index contributed by atoms with van der Waals surface area (Å²) in [7, 11) is -1.39. The second-order valence-electron chi connectivity index (χ2n) is 3.05. The molecule has 1 saturated heterocycles. The van der Waals surface area contributed by atoms with Crippen molar-refractivity contribution in [1.82, 2.24) is 4.90 Å². The van der Waals surface area contributed by atoms with Crippen LogP contribution in [0.15, 0.2) is 4.99 Å². The van der Waals surface area contributed by atoms with Gasteiger partial charge in [0.05, 0.1) is 11.5 Å². The highest BCUT2D eigenvalue weighted by Crippen LogP contribution is 2.02. The first-order valence-corrected chi connectivity index (χ1v) is 5.91. The number of nitrogens with zero attached hydrogens (tertiary/aromatic N) is 2. The minimum atomic E-state index is -2.84. The van der Waals surface area contributed by atoms with Gasteiger partial charge in [-0.1, -0.05) is 0 Å². The van der Waals surface area contributed by atoms with Crippen LogP contribution in [0.25, 0.3) is 0 Å². The van der Waals surface area contributed by atoms with Crippen LogP contribution in [-0.2, 0) is 9.84 Å². The van der Waals surface area contributed by atoms with Gasteiger partial charge < -0.3 is 10.1 Å². The van der Waals surface area contributed by atoms with Crippen molar-refractivity contribution in [3.8, 4) is 0 Å². The topological polar surface area (TPSA) is 72.8 Å². The monoisotopic (exact) mass is 205 g/mol. The van der Waals surface area contributed by atoms with Crippen LogP contribution >= 0.6 is 0 Å². The second kappa shape index (κ2) is 4.06. The fourth-order valence-corrected chi connectivity index (χ4v) is 2.45. The Hall–Kier alpha value is -0.620. The lowest BCUT2D eigenvalue weighted by atomic mass is 10.4. The van der Waals surface area contributed by atoms with E-state index in [1.165, 1.54) is 7.05 Å². The van der Waals surface area contributed by atoms with Gasteiger partial charge in [0.15, 0.2) is 9.84 Å². The van der Waals surface area contributed by atoms with Crippen molar-refractivity contribution in [1.29, 1.82) is 0 Å². The lowest BCUT2D eigenvalue weighted by Gasteiger charge is -2.28. The van der Waals surface area contributed by atoms with Crippen molar-refractivity contribution in [2.75, 3.05) is 38.2 Å². The summed E-state index contributed by atoms with van der Waals surface area (Å²) in [6.45, 7) is 1.14. The van der Waals surface area contributed by atoms with Crippen molar-refractivity contribution in [2.24, 2.45) is 4.99 Å². The predicted octanol–water partition coefficient (Wildman–Crippen LogP) is -1.89. The lowest BCUT2D eigenvalue weighted by Crippen LogP contribution is -2.45. The molecule has 0 aromatic heterocycles. The molecule has 6 heteroatoms. The number of aliphatic imine (C=N–C) groups is 1. The van der Waals surface area contributed by atoms with E-state index in [0.29, 0.717) is 13.1 Å². The standard InChI is InChI=1S/C7H14N2O3S/c1-8-7(10)6-9-2-4-13(11,12)5-3-9/h2-6H2,1H3,(H,8,10)/p-1. The first-order chi connectivity index (χ1) is 6.03. The van der Waals surface area contributed by atoms with Crippen LogP contribution in [0.4, 0.5) is 0 Å². The molecule has 0 bridgehead atoms. The van der Waals surface area contributed by atoms with E-state index < -0.39 is 9.84 Å². The molecular formula is C7H13N2O3S-. The molecule has 0 radical (unpaired) electrons. The fourth-order valence-electron chi connectivity index (χ4n) is 1.17. The van der Waals surface area contributed by atoms with Crippen molar-refractivity contribution in [3.63, 3.8) is 0 Å². The molecule has 1 fully saturated rings. The van der Waals surface area contributed by atoms with E-state index in [4.69, 9.17) is 0 Å². The summed E-state index contributed by atoms with van der Waals surface area (Å²) in [4.78, 5) is 5.30. The maximum absolute atomic E-state index is 11.0. The Balaban J connectivity index is 2.42. The van der Waals surface area contributed by atoms with Gasteiger partial charge in [0.2, 0.25) is 0 Å². The van der Waals surface area contributed by atoms with E-state index in [0.717, 1.165) is 0 Å². The zero-order chi connectivity index (χ0) is 9.90. The van der Waals surface area contributed by atoms with Gasteiger partial charge >= 0.3 is 0 Å². The molecule has 0 amide bonds. The molecule has 1 heterocycles. The minimum Gasteiger partial charge on any atom is -0.861 e. The zero-order valence-electron chi connectivity index (χ0n) is 7.56. The normalized spacial score (nSPS) is 24.5. The van der Waals surface area contributed by atoms with Crippen LogP contribution in [-0.4, -0.2) is 57.4 Å². The van der Waals surface area contributed by atoms with Crippen molar-refractivity contribution in [3.05, 3.63) is 0 Å². The molecule has 0 unspecified atom stereocenters. The Bertz CT molecular complexity index is 283. The third-order valence-electron chi connectivity index (χ3n) is 2.05. The molecule has 0 atom stereocenters. The van der Waals surface area contributed by atoms with Crippen LogP contribution < -0.4 is 5.11 Å². The Kier molecular flexibility index (Phi) is 3.27. The van der Waals surface area contributed by atoms with Crippen molar-refractivity contribution in [2.45, 2.75) is 0 Å². The molecular weight excluding hydrogens is 192 g/mol. The summed E-state index contributed by atoms with van der Waals surface area (Å²) in [6, 6.07) is 0. The van der Waals surface area contributed by atoms with E-state index in [-0.39, 0.29) is 23.9 Å². The van der Waals surface area contributed by atoms with Crippen LogP contribution in [0.2, 0.25) is 0 Å². The molecule has 76 valence electrons. The van der Waals surface area contributed by atoms with E-state index in [2.05, 4.69) is 4.99 Å². The molecule has 5 nitrogen and oxygen atoms in total. The van der Waals surface area contributed by atoms with Crippen molar-refractivity contribution >= 4 is 15.7 Å². The SMILES string of the molecule is CN=C([O-])CN1CCS(=O)(=O)CC1. The van der Waals surface area contributed by atoms with E-state index in [9.17, 15) is 13.5 Å².